The Bertz CT molecular complexity index is 784. The summed E-state index contributed by atoms with van der Waals surface area (Å²) in [5.74, 6) is -0.185. The molecule has 1 atom stereocenters. The van der Waals surface area contributed by atoms with Crippen LogP contribution in [0.4, 0.5) is 8.78 Å². The van der Waals surface area contributed by atoms with Crippen molar-refractivity contribution in [2.45, 2.75) is 39.7 Å². The zero-order valence-electron chi connectivity index (χ0n) is 15.2. The Kier molecular flexibility index (Phi) is 4.83. The number of methoxy groups -OCH3 is 1. The molecule has 134 valence electrons. The smallest absolute Gasteiger partial charge is 0.131 e. The summed E-state index contributed by atoms with van der Waals surface area (Å²) >= 11 is 0. The van der Waals surface area contributed by atoms with Crippen molar-refractivity contribution in [3.05, 3.63) is 53.1 Å². The SMILES string of the molecule is CCc1cc([C@@H]2OCCC2(C)C)c(-c2cc(OC)ccc2F)cc1F. The van der Waals surface area contributed by atoms with Crippen molar-refractivity contribution in [1.29, 1.82) is 0 Å². The van der Waals surface area contributed by atoms with Gasteiger partial charge in [-0.3, -0.25) is 0 Å². The van der Waals surface area contributed by atoms with E-state index in [0.29, 0.717) is 35.5 Å². The van der Waals surface area contributed by atoms with Crippen LogP contribution in [0.15, 0.2) is 30.3 Å². The van der Waals surface area contributed by atoms with Gasteiger partial charge >= 0.3 is 0 Å². The highest BCUT2D eigenvalue weighted by Gasteiger charge is 2.38. The van der Waals surface area contributed by atoms with E-state index in [0.717, 1.165) is 12.0 Å². The maximum atomic E-state index is 14.5. The van der Waals surface area contributed by atoms with E-state index in [4.69, 9.17) is 9.47 Å². The first-order valence-corrected chi connectivity index (χ1v) is 8.65. The first-order chi connectivity index (χ1) is 11.9. The molecule has 0 unspecified atom stereocenters. The van der Waals surface area contributed by atoms with Crippen molar-refractivity contribution < 1.29 is 18.3 Å². The molecule has 1 aliphatic heterocycles. The summed E-state index contributed by atoms with van der Waals surface area (Å²) in [6.45, 7) is 6.82. The van der Waals surface area contributed by atoms with Gasteiger partial charge in [0.15, 0.2) is 0 Å². The number of aryl methyl sites for hydroxylation is 1. The Balaban J connectivity index is 2.24. The lowest BCUT2D eigenvalue weighted by atomic mass is 9.79. The van der Waals surface area contributed by atoms with Gasteiger partial charge in [-0.15, -0.1) is 0 Å². The molecule has 0 bridgehead atoms. The molecule has 1 fully saturated rings. The molecule has 4 heteroatoms. The highest BCUT2D eigenvalue weighted by atomic mass is 19.1. The number of halogens is 2. The highest BCUT2D eigenvalue weighted by Crippen LogP contribution is 2.48. The van der Waals surface area contributed by atoms with E-state index in [-0.39, 0.29) is 17.3 Å². The van der Waals surface area contributed by atoms with Crippen molar-refractivity contribution in [2.75, 3.05) is 13.7 Å². The Labute approximate surface area is 147 Å². The van der Waals surface area contributed by atoms with Crippen LogP contribution in [0.3, 0.4) is 0 Å². The summed E-state index contributed by atoms with van der Waals surface area (Å²) in [4.78, 5) is 0. The number of rotatable bonds is 4. The fourth-order valence-electron chi connectivity index (χ4n) is 3.50. The number of benzene rings is 2. The van der Waals surface area contributed by atoms with E-state index in [1.165, 1.54) is 19.2 Å². The average Bonchev–Trinajstić information content (AvgIpc) is 2.94. The minimum absolute atomic E-state index is 0.0903. The second-order valence-corrected chi connectivity index (χ2v) is 7.22. The average molecular weight is 346 g/mol. The van der Waals surface area contributed by atoms with Crippen molar-refractivity contribution in [2.24, 2.45) is 5.41 Å². The fraction of sp³-hybridized carbons (Fsp3) is 0.429. The predicted octanol–water partition coefficient (Wildman–Crippen LogP) is 5.69. The summed E-state index contributed by atoms with van der Waals surface area (Å²) in [7, 11) is 1.53. The third kappa shape index (κ3) is 3.28. The molecule has 0 aliphatic carbocycles. The van der Waals surface area contributed by atoms with Gasteiger partial charge in [0.2, 0.25) is 0 Å². The van der Waals surface area contributed by atoms with Crippen molar-refractivity contribution in [3.63, 3.8) is 0 Å². The van der Waals surface area contributed by atoms with Gasteiger partial charge in [-0.25, -0.2) is 8.78 Å². The molecule has 0 saturated carbocycles. The standard InChI is InChI=1S/C21H24F2O2/c1-5-13-10-17(20-21(2,3)8-9-25-20)15(12-19(13)23)16-11-14(24-4)6-7-18(16)22/h6-7,10-12,20H,5,8-9H2,1-4H3/t20-/m0/s1. The molecule has 0 radical (unpaired) electrons. The molecule has 2 nitrogen and oxygen atoms in total. The quantitative estimate of drug-likeness (QED) is 0.708. The predicted molar refractivity (Wildman–Crippen MR) is 94.8 cm³/mol. The topological polar surface area (TPSA) is 18.5 Å². The lowest BCUT2D eigenvalue weighted by Gasteiger charge is -2.28. The van der Waals surface area contributed by atoms with Crippen molar-refractivity contribution in [1.82, 2.24) is 0 Å². The third-order valence-corrected chi connectivity index (χ3v) is 5.09. The summed E-state index contributed by atoms with van der Waals surface area (Å²) in [6, 6.07) is 7.79. The third-order valence-electron chi connectivity index (χ3n) is 5.09. The summed E-state index contributed by atoms with van der Waals surface area (Å²) in [5.41, 5.74) is 2.24. The van der Waals surface area contributed by atoms with E-state index in [2.05, 4.69) is 13.8 Å². The van der Waals surface area contributed by atoms with Crippen LogP contribution in [0, 0.1) is 17.0 Å². The number of ether oxygens (including phenoxy) is 2. The lowest BCUT2D eigenvalue weighted by molar-refractivity contribution is 0.0639. The number of hydrogen-bond donors (Lipinski definition) is 0. The van der Waals surface area contributed by atoms with Gasteiger partial charge in [-0.2, -0.15) is 0 Å². The van der Waals surface area contributed by atoms with Gasteiger partial charge in [-0.1, -0.05) is 20.8 Å². The lowest BCUT2D eigenvalue weighted by Crippen LogP contribution is -2.18. The van der Waals surface area contributed by atoms with E-state index in [1.54, 1.807) is 12.1 Å². The summed E-state index contributed by atoms with van der Waals surface area (Å²) in [6.07, 6.45) is 1.29. The Morgan fingerprint density at radius 3 is 2.48 bits per heavy atom. The van der Waals surface area contributed by atoms with Gasteiger partial charge in [0, 0.05) is 12.2 Å². The molecule has 0 amide bonds. The molecule has 2 aromatic carbocycles. The normalized spacial score (nSPS) is 19.2. The van der Waals surface area contributed by atoms with Gasteiger partial charge in [0.25, 0.3) is 0 Å². The molecular formula is C21H24F2O2. The molecule has 0 spiro atoms. The second-order valence-electron chi connectivity index (χ2n) is 7.22. The molecule has 25 heavy (non-hydrogen) atoms. The molecule has 2 aromatic rings. The monoisotopic (exact) mass is 346 g/mol. The van der Waals surface area contributed by atoms with E-state index in [1.807, 2.05) is 13.0 Å². The minimum Gasteiger partial charge on any atom is -0.497 e. The largest absolute Gasteiger partial charge is 0.497 e. The van der Waals surface area contributed by atoms with Crippen LogP contribution in [0.1, 0.15) is 44.4 Å². The molecule has 0 N–H and O–H groups in total. The summed E-state index contributed by atoms with van der Waals surface area (Å²) in [5, 5.41) is 0. The Morgan fingerprint density at radius 2 is 1.88 bits per heavy atom. The van der Waals surface area contributed by atoms with Crippen molar-refractivity contribution in [3.8, 4) is 16.9 Å². The molecule has 3 rings (SSSR count). The zero-order chi connectivity index (χ0) is 18.2. The Morgan fingerprint density at radius 1 is 1.12 bits per heavy atom. The van der Waals surface area contributed by atoms with Crippen LogP contribution in [0.25, 0.3) is 11.1 Å². The zero-order valence-corrected chi connectivity index (χ0v) is 15.2. The molecule has 0 aromatic heterocycles. The van der Waals surface area contributed by atoms with Crippen LogP contribution in [-0.2, 0) is 11.2 Å². The van der Waals surface area contributed by atoms with E-state index in [9.17, 15) is 8.78 Å². The van der Waals surface area contributed by atoms with Crippen molar-refractivity contribution >= 4 is 0 Å². The number of hydrogen-bond acceptors (Lipinski definition) is 2. The van der Waals surface area contributed by atoms with Gasteiger partial charge in [0.05, 0.1) is 13.2 Å². The molecule has 1 aliphatic rings. The van der Waals surface area contributed by atoms with Gasteiger partial charge < -0.3 is 9.47 Å². The first kappa shape index (κ1) is 17.9. The fourth-order valence-corrected chi connectivity index (χ4v) is 3.50. The van der Waals surface area contributed by atoms with Crippen LogP contribution in [0.5, 0.6) is 5.75 Å². The highest BCUT2D eigenvalue weighted by molar-refractivity contribution is 5.71. The maximum absolute atomic E-state index is 14.5. The molecule has 1 heterocycles. The Hall–Kier alpha value is -1.94. The maximum Gasteiger partial charge on any atom is 0.131 e. The molecule has 1 saturated heterocycles. The minimum atomic E-state index is -0.401. The van der Waals surface area contributed by atoms with Gasteiger partial charge in [-0.05, 0) is 65.3 Å². The molecular weight excluding hydrogens is 322 g/mol. The second kappa shape index (κ2) is 6.75. The van der Waals surface area contributed by atoms with Gasteiger partial charge in [0.1, 0.15) is 17.4 Å². The van der Waals surface area contributed by atoms with Crippen LogP contribution in [-0.4, -0.2) is 13.7 Å². The first-order valence-electron chi connectivity index (χ1n) is 8.65. The van der Waals surface area contributed by atoms with Crippen LogP contribution < -0.4 is 4.74 Å². The van der Waals surface area contributed by atoms with Crippen LogP contribution in [0.2, 0.25) is 0 Å². The van der Waals surface area contributed by atoms with E-state index < -0.39 is 5.82 Å². The van der Waals surface area contributed by atoms with Crippen LogP contribution >= 0.6 is 0 Å². The van der Waals surface area contributed by atoms with E-state index >= 15 is 0 Å². The summed E-state index contributed by atoms with van der Waals surface area (Å²) < 4.78 is 40.3.